The van der Waals surface area contributed by atoms with Crippen LogP contribution < -0.4 is 0 Å². The lowest BCUT2D eigenvalue weighted by atomic mass is 11.3. The third kappa shape index (κ3) is 2.77. The maximum atomic E-state index is 2.79. The molecule has 0 bridgehead atoms. The van der Waals surface area contributed by atoms with E-state index in [1.54, 1.807) is 0 Å². The predicted molar refractivity (Wildman–Crippen MR) is 74.1 cm³/mol. The van der Waals surface area contributed by atoms with Crippen molar-refractivity contribution in [2.75, 3.05) is 28.2 Å². The Morgan fingerprint density at radius 3 is 1.07 bits per heavy atom. The van der Waals surface area contributed by atoms with Crippen LogP contribution in [0.25, 0.3) is 0 Å². The van der Waals surface area contributed by atoms with Crippen molar-refractivity contribution in [2.24, 2.45) is 0 Å². The Kier molecular flexibility index (Phi) is 4.76. The molecule has 0 aliphatic carbocycles. The molecule has 0 heterocycles. The first-order chi connectivity index (χ1) is 6.04. The second kappa shape index (κ2) is 4.58. The molecule has 0 aliphatic rings. The summed E-state index contributed by atoms with van der Waals surface area (Å²) in [6.45, 7) is 9.77. The Morgan fingerprint density at radius 1 is 0.714 bits per heavy atom. The van der Waals surface area contributed by atoms with Crippen molar-refractivity contribution in [2.45, 2.75) is 26.2 Å². The average molecular weight is 250 g/mol. The highest BCUT2D eigenvalue weighted by molar-refractivity contribution is 6.92. The summed E-state index contributed by atoms with van der Waals surface area (Å²) in [5.74, 6) is 0. The first-order valence-electron chi connectivity index (χ1n) is 5.13. The minimum Gasteiger partial charge on any atom is -0.352 e. The van der Waals surface area contributed by atoms with E-state index in [1.165, 1.54) is 10.4 Å². The van der Waals surface area contributed by atoms with Gasteiger partial charge in [0.05, 0.1) is 10.4 Å². The van der Waals surface area contributed by atoms with Crippen LogP contribution in [0.1, 0.15) is 0 Å². The molecule has 86 valence electrons. The van der Waals surface area contributed by atoms with Crippen LogP contribution in [-0.4, -0.2) is 68.4 Å². The highest BCUT2D eigenvalue weighted by Crippen LogP contribution is 2.19. The van der Waals surface area contributed by atoms with Gasteiger partial charge < -0.3 is 13.0 Å². The topological polar surface area (TPSA) is 9.72 Å². The molecule has 0 aliphatic heterocycles. The van der Waals surface area contributed by atoms with Gasteiger partial charge in [-0.15, -0.1) is 0 Å². The fraction of sp³-hybridized carbons (Fsp3) is 1.00. The molecular formula is C8H27N3Si3. The highest BCUT2D eigenvalue weighted by Gasteiger charge is 2.40. The Morgan fingerprint density at radius 2 is 0.929 bits per heavy atom. The second-order valence-corrected chi connectivity index (χ2v) is 17.6. The SMILES string of the molecule is CN(C)[Si](C)(C)N([SiH3])[Si](C)(C)N(C)C. The molecule has 6 heteroatoms. The summed E-state index contributed by atoms with van der Waals surface area (Å²) < 4.78 is 7.68. The molecular weight excluding hydrogens is 222 g/mol. The highest BCUT2D eigenvalue weighted by atomic mass is 28.5. The number of hydrogen-bond acceptors (Lipinski definition) is 3. The quantitative estimate of drug-likeness (QED) is 0.654. The van der Waals surface area contributed by atoms with E-state index in [2.05, 4.69) is 67.4 Å². The normalized spacial score (nSPS) is 14.8. The standard InChI is InChI=1S/C8H27N3Si3/c1-9(2)13(5,6)11(12)14(7,8)10(3)4/h1-8,12H3. The average Bonchev–Trinajstić information content (AvgIpc) is 2.02. The molecule has 3 nitrogen and oxygen atoms in total. The van der Waals surface area contributed by atoms with Crippen LogP contribution in [0.2, 0.25) is 26.2 Å². The summed E-state index contributed by atoms with van der Waals surface area (Å²) in [6.07, 6.45) is 0. The van der Waals surface area contributed by atoms with Gasteiger partial charge in [0.1, 0.15) is 0 Å². The van der Waals surface area contributed by atoms with Gasteiger partial charge in [-0.05, 0) is 54.4 Å². The van der Waals surface area contributed by atoms with Crippen LogP contribution in [0.3, 0.4) is 0 Å². The Balaban J connectivity index is 4.85. The van der Waals surface area contributed by atoms with Gasteiger partial charge in [-0.25, -0.2) is 0 Å². The largest absolute Gasteiger partial charge is 0.352 e. The van der Waals surface area contributed by atoms with E-state index in [0.29, 0.717) is 0 Å². The maximum absolute atomic E-state index is 2.79. The molecule has 0 spiro atoms. The van der Waals surface area contributed by atoms with Crippen LogP contribution in [-0.2, 0) is 0 Å². The number of rotatable bonds is 4. The van der Waals surface area contributed by atoms with Gasteiger partial charge in [-0.2, -0.15) is 0 Å². The van der Waals surface area contributed by atoms with E-state index in [1.807, 2.05) is 0 Å². The monoisotopic (exact) mass is 249 g/mol. The van der Waals surface area contributed by atoms with Crippen molar-refractivity contribution in [1.82, 2.24) is 13.0 Å². The van der Waals surface area contributed by atoms with Crippen LogP contribution in [0.15, 0.2) is 0 Å². The van der Waals surface area contributed by atoms with Gasteiger partial charge >= 0.3 is 0 Å². The zero-order valence-corrected chi connectivity index (χ0v) is 15.3. The maximum Gasteiger partial charge on any atom is 0.187 e. The van der Waals surface area contributed by atoms with Gasteiger partial charge in [0.2, 0.25) is 0 Å². The van der Waals surface area contributed by atoms with Crippen molar-refractivity contribution < 1.29 is 0 Å². The van der Waals surface area contributed by atoms with E-state index in [4.69, 9.17) is 0 Å². The first kappa shape index (κ1) is 14.5. The van der Waals surface area contributed by atoms with Crippen LogP contribution in [0.4, 0.5) is 0 Å². The zero-order valence-electron chi connectivity index (χ0n) is 11.3. The second-order valence-electron chi connectivity index (χ2n) is 5.34. The van der Waals surface area contributed by atoms with E-state index >= 15 is 0 Å². The molecule has 0 amide bonds. The zero-order chi connectivity index (χ0) is 11.7. The Bertz CT molecular complexity index is 172. The van der Waals surface area contributed by atoms with Gasteiger partial charge in [0, 0.05) is 0 Å². The molecule has 14 heavy (non-hydrogen) atoms. The fourth-order valence-corrected chi connectivity index (χ4v) is 11.4. The number of nitrogens with zero attached hydrogens (tertiary/aromatic N) is 3. The summed E-state index contributed by atoms with van der Waals surface area (Å²) in [5, 5.41) is 0. The molecule has 0 fully saturated rings. The van der Waals surface area contributed by atoms with Gasteiger partial charge in [-0.1, -0.05) is 0 Å². The van der Waals surface area contributed by atoms with Gasteiger partial charge in [-0.3, -0.25) is 0 Å². The van der Waals surface area contributed by atoms with Crippen molar-refractivity contribution >= 4 is 27.2 Å². The van der Waals surface area contributed by atoms with Crippen LogP contribution in [0, 0.1) is 0 Å². The Hall–Kier alpha value is 0.531. The summed E-state index contributed by atoms with van der Waals surface area (Å²) in [4.78, 5) is 0. The molecule has 0 atom stereocenters. The van der Waals surface area contributed by atoms with Gasteiger partial charge in [0.15, 0.2) is 16.8 Å². The molecule has 0 unspecified atom stereocenters. The smallest absolute Gasteiger partial charge is 0.187 e. The number of hydrogen-bond donors (Lipinski definition) is 0. The molecule has 0 radical (unpaired) electrons. The summed E-state index contributed by atoms with van der Waals surface area (Å²) in [6, 6.07) is 0. The van der Waals surface area contributed by atoms with E-state index < -0.39 is 16.8 Å². The molecule has 0 aromatic rings. The Labute approximate surface area is 94.9 Å². The van der Waals surface area contributed by atoms with Crippen molar-refractivity contribution in [3.8, 4) is 0 Å². The molecule has 0 saturated carbocycles. The molecule has 0 N–H and O–H groups in total. The van der Waals surface area contributed by atoms with Crippen molar-refractivity contribution in [1.29, 1.82) is 0 Å². The lowest BCUT2D eigenvalue weighted by Gasteiger charge is -2.50. The van der Waals surface area contributed by atoms with E-state index in [0.717, 1.165) is 0 Å². The fourth-order valence-electron chi connectivity index (χ4n) is 1.27. The first-order valence-corrected chi connectivity index (χ1v) is 11.8. The van der Waals surface area contributed by atoms with E-state index in [9.17, 15) is 0 Å². The minimum absolute atomic E-state index is 1.17. The van der Waals surface area contributed by atoms with Crippen LogP contribution >= 0.6 is 0 Å². The lowest BCUT2D eigenvalue weighted by Crippen LogP contribution is -2.71. The van der Waals surface area contributed by atoms with Crippen LogP contribution in [0.5, 0.6) is 0 Å². The van der Waals surface area contributed by atoms with E-state index in [-0.39, 0.29) is 0 Å². The predicted octanol–water partition coefficient (Wildman–Crippen LogP) is 0.0956. The van der Waals surface area contributed by atoms with Gasteiger partial charge in [0.25, 0.3) is 0 Å². The summed E-state index contributed by atoms with van der Waals surface area (Å²) in [5.41, 5.74) is 0. The minimum atomic E-state index is -1.33. The van der Waals surface area contributed by atoms with Crippen molar-refractivity contribution in [3.05, 3.63) is 0 Å². The summed E-state index contributed by atoms with van der Waals surface area (Å²) >= 11 is 0. The summed E-state index contributed by atoms with van der Waals surface area (Å²) in [7, 11) is 7.39. The molecule has 0 rings (SSSR count). The lowest BCUT2D eigenvalue weighted by molar-refractivity contribution is 0.537. The molecule has 0 saturated heterocycles. The molecule has 0 aromatic carbocycles. The molecule has 0 aromatic heterocycles. The third-order valence-electron chi connectivity index (χ3n) is 3.83. The van der Waals surface area contributed by atoms with Crippen molar-refractivity contribution in [3.63, 3.8) is 0 Å². The third-order valence-corrected chi connectivity index (χ3v) is 21.3.